The van der Waals surface area contributed by atoms with Gasteiger partial charge in [0, 0.05) is 6.54 Å². The molecule has 1 N–H and O–H groups in total. The van der Waals surface area contributed by atoms with Gasteiger partial charge in [-0.3, -0.25) is 10.1 Å². The lowest BCUT2D eigenvalue weighted by Gasteiger charge is -2.34. The summed E-state index contributed by atoms with van der Waals surface area (Å²) >= 11 is 1.70. The van der Waals surface area contributed by atoms with Crippen molar-refractivity contribution < 1.29 is 4.79 Å². The highest BCUT2D eigenvalue weighted by Crippen LogP contribution is 2.33. The summed E-state index contributed by atoms with van der Waals surface area (Å²) in [7, 11) is 0. The number of hydrogen-bond acceptors (Lipinski definition) is 3. The number of amides is 1. The van der Waals surface area contributed by atoms with E-state index in [0.717, 1.165) is 12.5 Å². The Kier molecular flexibility index (Phi) is 3.89. The topological polar surface area (TPSA) is 32.3 Å². The minimum absolute atomic E-state index is 0.105. The van der Waals surface area contributed by atoms with E-state index in [9.17, 15) is 4.79 Å². The third-order valence-corrected chi connectivity index (χ3v) is 5.36. The van der Waals surface area contributed by atoms with Gasteiger partial charge in [-0.25, -0.2) is 0 Å². The molecule has 1 aromatic heterocycles. The summed E-state index contributed by atoms with van der Waals surface area (Å²) < 4.78 is 0. The molecule has 0 radical (unpaired) electrons. The predicted molar refractivity (Wildman–Crippen MR) is 77.9 cm³/mol. The van der Waals surface area contributed by atoms with Crippen molar-refractivity contribution in [1.82, 2.24) is 10.2 Å². The molecule has 1 amide bonds. The lowest BCUT2D eigenvalue weighted by Crippen LogP contribution is -2.37. The van der Waals surface area contributed by atoms with Crippen molar-refractivity contribution in [2.45, 2.75) is 38.8 Å². The normalized spacial score (nSPS) is 31.9. The Labute approximate surface area is 119 Å². The third kappa shape index (κ3) is 2.70. The van der Waals surface area contributed by atoms with Crippen molar-refractivity contribution in [1.29, 1.82) is 0 Å². The predicted octanol–water partition coefficient (Wildman–Crippen LogP) is 3.00. The average Bonchev–Trinajstić information content (AvgIpc) is 3.03. The molecule has 3 unspecified atom stereocenters. The molecule has 3 atom stereocenters. The zero-order chi connectivity index (χ0) is 13.2. The fraction of sp³-hybridized carbons (Fsp3) is 0.667. The lowest BCUT2D eigenvalue weighted by atomic mass is 9.80. The molecule has 1 aromatic rings. The summed E-state index contributed by atoms with van der Waals surface area (Å²) in [5.41, 5.74) is 1.24. The maximum absolute atomic E-state index is 12.1. The van der Waals surface area contributed by atoms with Crippen LogP contribution in [0.2, 0.25) is 0 Å². The second-order valence-electron chi connectivity index (χ2n) is 5.91. The lowest BCUT2D eigenvalue weighted by molar-refractivity contribution is -0.129. The molecule has 3 rings (SSSR count). The Morgan fingerprint density at radius 1 is 1.42 bits per heavy atom. The SMILES string of the molecule is CC1CCCCC1CN1C(=O)CNC1c1ccsc1. The van der Waals surface area contributed by atoms with Gasteiger partial charge in [0.15, 0.2) is 0 Å². The van der Waals surface area contributed by atoms with Crippen LogP contribution < -0.4 is 5.32 Å². The van der Waals surface area contributed by atoms with Crippen LogP contribution in [0.3, 0.4) is 0 Å². The number of nitrogens with one attached hydrogen (secondary N) is 1. The van der Waals surface area contributed by atoms with Gasteiger partial charge in [0.1, 0.15) is 6.17 Å². The van der Waals surface area contributed by atoms with Crippen LogP contribution in [0.15, 0.2) is 16.8 Å². The van der Waals surface area contributed by atoms with E-state index in [1.165, 1.54) is 31.2 Å². The molecule has 3 nitrogen and oxygen atoms in total. The molecule has 2 fully saturated rings. The van der Waals surface area contributed by atoms with Gasteiger partial charge in [0.2, 0.25) is 5.91 Å². The van der Waals surface area contributed by atoms with Crippen molar-refractivity contribution in [2.24, 2.45) is 11.8 Å². The zero-order valence-corrected chi connectivity index (χ0v) is 12.3. The Bertz CT molecular complexity index is 431. The van der Waals surface area contributed by atoms with Gasteiger partial charge < -0.3 is 4.90 Å². The van der Waals surface area contributed by atoms with Crippen LogP contribution in [0.1, 0.15) is 44.3 Å². The summed E-state index contributed by atoms with van der Waals surface area (Å²) in [6, 6.07) is 2.12. The molecule has 0 bridgehead atoms. The largest absolute Gasteiger partial charge is 0.321 e. The van der Waals surface area contributed by atoms with Gasteiger partial charge in [-0.05, 0) is 40.6 Å². The summed E-state index contributed by atoms with van der Waals surface area (Å²) in [5.74, 6) is 1.69. The monoisotopic (exact) mass is 278 g/mol. The van der Waals surface area contributed by atoms with Gasteiger partial charge in [-0.2, -0.15) is 11.3 Å². The van der Waals surface area contributed by atoms with E-state index in [1.807, 2.05) is 0 Å². The molecular weight excluding hydrogens is 256 g/mol. The number of carbonyl (C=O) groups is 1. The van der Waals surface area contributed by atoms with Crippen molar-refractivity contribution in [3.05, 3.63) is 22.4 Å². The van der Waals surface area contributed by atoms with Crippen molar-refractivity contribution >= 4 is 17.2 Å². The molecule has 1 aliphatic carbocycles. The standard InChI is InChI=1S/C15H22N2OS/c1-11-4-2-3-5-12(11)9-17-14(18)8-16-15(17)13-6-7-19-10-13/h6-7,10-12,15-16H,2-5,8-9H2,1H3. The number of nitrogens with zero attached hydrogens (tertiary/aromatic N) is 1. The summed E-state index contributed by atoms with van der Waals surface area (Å²) in [6.45, 7) is 3.76. The molecule has 0 aromatic carbocycles. The first kappa shape index (κ1) is 13.1. The number of hydrogen-bond donors (Lipinski definition) is 1. The highest BCUT2D eigenvalue weighted by molar-refractivity contribution is 7.07. The minimum atomic E-state index is 0.105. The van der Waals surface area contributed by atoms with Crippen LogP contribution in [-0.4, -0.2) is 23.9 Å². The van der Waals surface area contributed by atoms with Gasteiger partial charge in [0.25, 0.3) is 0 Å². The van der Waals surface area contributed by atoms with Gasteiger partial charge in [-0.15, -0.1) is 0 Å². The first-order valence-electron chi connectivity index (χ1n) is 7.30. The van der Waals surface area contributed by atoms with Crippen LogP contribution >= 0.6 is 11.3 Å². The van der Waals surface area contributed by atoms with Gasteiger partial charge in [-0.1, -0.05) is 26.2 Å². The molecule has 2 heterocycles. The molecule has 1 saturated heterocycles. The minimum Gasteiger partial charge on any atom is -0.321 e. The molecule has 0 spiro atoms. The maximum Gasteiger partial charge on any atom is 0.238 e. The Morgan fingerprint density at radius 2 is 2.26 bits per heavy atom. The number of carbonyl (C=O) groups excluding carboxylic acids is 1. The van der Waals surface area contributed by atoms with Crippen LogP contribution in [0.4, 0.5) is 0 Å². The quantitative estimate of drug-likeness (QED) is 0.922. The van der Waals surface area contributed by atoms with Crippen molar-refractivity contribution in [3.8, 4) is 0 Å². The van der Waals surface area contributed by atoms with E-state index >= 15 is 0 Å². The van der Waals surface area contributed by atoms with E-state index in [-0.39, 0.29) is 12.1 Å². The molecule has 1 aliphatic heterocycles. The van der Waals surface area contributed by atoms with Gasteiger partial charge >= 0.3 is 0 Å². The van der Waals surface area contributed by atoms with Crippen LogP contribution in [0, 0.1) is 11.8 Å². The van der Waals surface area contributed by atoms with Gasteiger partial charge in [0.05, 0.1) is 6.54 Å². The summed E-state index contributed by atoms with van der Waals surface area (Å²) in [6.07, 6.45) is 5.39. The van der Waals surface area contributed by atoms with Crippen molar-refractivity contribution in [2.75, 3.05) is 13.1 Å². The Morgan fingerprint density at radius 3 is 3.00 bits per heavy atom. The highest BCUT2D eigenvalue weighted by atomic mass is 32.1. The molecule has 2 aliphatic rings. The fourth-order valence-electron chi connectivity index (χ4n) is 3.39. The van der Waals surface area contributed by atoms with Crippen LogP contribution in [0.25, 0.3) is 0 Å². The van der Waals surface area contributed by atoms with E-state index in [4.69, 9.17) is 0 Å². The molecule has 104 valence electrons. The Balaban J connectivity index is 1.72. The van der Waals surface area contributed by atoms with E-state index in [0.29, 0.717) is 12.5 Å². The molecular formula is C15H22N2OS. The second-order valence-corrected chi connectivity index (χ2v) is 6.69. The number of thiophene rings is 1. The van der Waals surface area contributed by atoms with E-state index in [1.54, 1.807) is 11.3 Å². The fourth-order valence-corrected chi connectivity index (χ4v) is 4.07. The maximum atomic E-state index is 12.1. The number of rotatable bonds is 3. The first-order valence-corrected chi connectivity index (χ1v) is 8.25. The second kappa shape index (κ2) is 5.63. The zero-order valence-electron chi connectivity index (χ0n) is 11.5. The molecule has 19 heavy (non-hydrogen) atoms. The Hall–Kier alpha value is -0.870. The first-order chi connectivity index (χ1) is 9.25. The summed E-state index contributed by atoms with van der Waals surface area (Å²) in [4.78, 5) is 14.2. The van der Waals surface area contributed by atoms with Crippen LogP contribution in [-0.2, 0) is 4.79 Å². The highest BCUT2D eigenvalue weighted by Gasteiger charge is 2.34. The smallest absolute Gasteiger partial charge is 0.238 e. The summed E-state index contributed by atoms with van der Waals surface area (Å²) in [5, 5.41) is 7.58. The van der Waals surface area contributed by atoms with Crippen LogP contribution in [0.5, 0.6) is 0 Å². The van der Waals surface area contributed by atoms with E-state index in [2.05, 4.69) is 34.0 Å². The average molecular weight is 278 g/mol. The molecule has 1 saturated carbocycles. The third-order valence-electron chi connectivity index (χ3n) is 4.66. The van der Waals surface area contributed by atoms with Crippen molar-refractivity contribution in [3.63, 3.8) is 0 Å². The van der Waals surface area contributed by atoms with E-state index < -0.39 is 0 Å². The molecule has 4 heteroatoms.